The van der Waals surface area contributed by atoms with Crippen LogP contribution in [0.25, 0.3) is 0 Å². The normalized spacial score (nSPS) is 13.0. The van der Waals surface area contributed by atoms with Gasteiger partial charge in [0.2, 0.25) is 15.9 Å². The van der Waals surface area contributed by atoms with E-state index in [1.807, 2.05) is 0 Å². The number of hydrogen-bond donors (Lipinski definition) is 2. The third-order valence-electron chi connectivity index (χ3n) is 3.07. The highest BCUT2D eigenvalue weighted by molar-refractivity contribution is 7.89. The highest BCUT2D eigenvalue weighted by Gasteiger charge is 2.23. The Kier molecular flexibility index (Phi) is 6.34. The highest BCUT2D eigenvalue weighted by atomic mass is 32.2. The predicted octanol–water partition coefficient (Wildman–Crippen LogP) is 0.869. The fourth-order valence-electron chi connectivity index (χ4n) is 1.63. The fourth-order valence-corrected chi connectivity index (χ4v) is 2.68. The Bertz CT molecular complexity index is 629. The van der Waals surface area contributed by atoms with Gasteiger partial charge >= 0.3 is 0 Å². The summed E-state index contributed by atoms with van der Waals surface area (Å²) >= 11 is 0. The minimum Gasteiger partial charge on any atom is -0.492 e. The number of rotatable bonds is 7. The van der Waals surface area contributed by atoms with Crippen LogP contribution in [-0.2, 0) is 14.8 Å². The molecule has 1 aromatic rings. The molecule has 0 bridgehead atoms. The number of nitrogens with zero attached hydrogens (tertiary/aromatic N) is 1. The third-order valence-corrected chi connectivity index (χ3v) is 4.91. The van der Waals surface area contributed by atoms with Crippen LogP contribution in [0.2, 0.25) is 0 Å². The van der Waals surface area contributed by atoms with Gasteiger partial charge in [-0.15, -0.1) is 0 Å². The van der Waals surface area contributed by atoms with Gasteiger partial charge in [0.15, 0.2) is 0 Å². The summed E-state index contributed by atoms with van der Waals surface area (Å²) in [4.78, 5) is 11.9. The SMILES string of the molecule is CCOc1ccc(NC(=O)C(C)CN)cc1S(=O)(=O)N(C)C. The Morgan fingerprint density at radius 3 is 2.55 bits per heavy atom. The molecular formula is C14H23N3O4S. The van der Waals surface area contributed by atoms with Crippen molar-refractivity contribution >= 4 is 21.6 Å². The van der Waals surface area contributed by atoms with Crippen LogP contribution in [0.1, 0.15) is 13.8 Å². The number of ether oxygens (including phenoxy) is 1. The molecule has 0 aliphatic heterocycles. The number of benzene rings is 1. The van der Waals surface area contributed by atoms with E-state index in [1.165, 1.54) is 26.2 Å². The molecule has 0 aromatic heterocycles. The summed E-state index contributed by atoms with van der Waals surface area (Å²) in [5, 5.41) is 2.66. The zero-order valence-electron chi connectivity index (χ0n) is 13.3. The van der Waals surface area contributed by atoms with Crippen LogP contribution in [0.15, 0.2) is 23.1 Å². The first-order chi connectivity index (χ1) is 10.2. The van der Waals surface area contributed by atoms with E-state index in [4.69, 9.17) is 10.5 Å². The van der Waals surface area contributed by atoms with Gasteiger partial charge in [-0.3, -0.25) is 4.79 Å². The molecule has 8 heteroatoms. The van der Waals surface area contributed by atoms with Crippen molar-refractivity contribution in [2.75, 3.05) is 32.6 Å². The van der Waals surface area contributed by atoms with Crippen LogP contribution >= 0.6 is 0 Å². The van der Waals surface area contributed by atoms with Crippen LogP contribution in [0, 0.1) is 5.92 Å². The Labute approximate surface area is 131 Å². The maximum absolute atomic E-state index is 12.4. The number of nitrogens with one attached hydrogen (secondary N) is 1. The molecule has 1 unspecified atom stereocenters. The van der Waals surface area contributed by atoms with Crippen molar-refractivity contribution in [3.8, 4) is 5.75 Å². The van der Waals surface area contributed by atoms with Crippen LogP contribution < -0.4 is 15.8 Å². The zero-order valence-corrected chi connectivity index (χ0v) is 14.1. The van der Waals surface area contributed by atoms with Crippen molar-refractivity contribution in [3.05, 3.63) is 18.2 Å². The largest absolute Gasteiger partial charge is 0.492 e. The van der Waals surface area contributed by atoms with E-state index in [9.17, 15) is 13.2 Å². The van der Waals surface area contributed by atoms with Gasteiger partial charge in [-0.2, -0.15) is 0 Å². The van der Waals surface area contributed by atoms with Crippen molar-refractivity contribution in [2.45, 2.75) is 18.7 Å². The first-order valence-corrected chi connectivity index (χ1v) is 8.38. The molecule has 0 fully saturated rings. The summed E-state index contributed by atoms with van der Waals surface area (Å²) in [5.41, 5.74) is 5.83. The van der Waals surface area contributed by atoms with Gasteiger partial charge < -0.3 is 15.8 Å². The molecule has 3 N–H and O–H groups in total. The van der Waals surface area contributed by atoms with Gasteiger partial charge in [0.25, 0.3) is 0 Å². The topological polar surface area (TPSA) is 102 Å². The molecule has 0 saturated heterocycles. The second kappa shape index (κ2) is 7.57. The van der Waals surface area contributed by atoms with E-state index < -0.39 is 10.0 Å². The molecule has 1 atom stereocenters. The molecule has 0 aliphatic carbocycles. The van der Waals surface area contributed by atoms with Crippen molar-refractivity contribution in [1.29, 1.82) is 0 Å². The number of amides is 1. The van der Waals surface area contributed by atoms with Gasteiger partial charge in [-0.25, -0.2) is 12.7 Å². The van der Waals surface area contributed by atoms with Crippen molar-refractivity contribution < 1.29 is 17.9 Å². The van der Waals surface area contributed by atoms with E-state index in [0.717, 1.165) is 4.31 Å². The molecule has 22 heavy (non-hydrogen) atoms. The van der Waals surface area contributed by atoms with Crippen molar-refractivity contribution in [3.63, 3.8) is 0 Å². The lowest BCUT2D eigenvalue weighted by molar-refractivity contribution is -0.119. The Balaban J connectivity index is 3.23. The summed E-state index contributed by atoms with van der Waals surface area (Å²) in [6.45, 7) is 4.02. The third kappa shape index (κ3) is 4.19. The van der Waals surface area contributed by atoms with E-state index in [-0.39, 0.29) is 29.0 Å². The number of carbonyl (C=O) groups excluding carboxylic acids is 1. The molecule has 124 valence electrons. The number of hydrogen-bond acceptors (Lipinski definition) is 5. The van der Waals surface area contributed by atoms with E-state index >= 15 is 0 Å². The standard InChI is InChI=1S/C14H23N3O4S/c1-5-21-12-7-6-11(16-14(18)10(2)9-15)8-13(12)22(19,20)17(3)4/h6-8,10H,5,9,15H2,1-4H3,(H,16,18). The summed E-state index contributed by atoms with van der Waals surface area (Å²) in [5.74, 6) is -0.374. The van der Waals surface area contributed by atoms with Crippen LogP contribution in [-0.4, -0.2) is 45.9 Å². The number of anilines is 1. The summed E-state index contributed by atoms with van der Waals surface area (Å²) in [7, 11) is -0.807. The first-order valence-electron chi connectivity index (χ1n) is 6.94. The number of nitrogens with two attached hydrogens (primary N) is 1. The summed E-state index contributed by atoms with van der Waals surface area (Å²) < 4.78 is 31.2. The average molecular weight is 329 g/mol. The quantitative estimate of drug-likeness (QED) is 0.773. The number of sulfonamides is 1. The van der Waals surface area contributed by atoms with Crippen molar-refractivity contribution in [2.24, 2.45) is 11.7 Å². The minimum absolute atomic E-state index is 0.0116. The molecule has 0 radical (unpaired) electrons. The van der Waals surface area contributed by atoms with Crippen LogP contribution in [0.5, 0.6) is 5.75 Å². The van der Waals surface area contributed by atoms with Gasteiger partial charge in [0.05, 0.1) is 6.61 Å². The highest BCUT2D eigenvalue weighted by Crippen LogP contribution is 2.29. The molecule has 0 aliphatic rings. The smallest absolute Gasteiger partial charge is 0.246 e. The zero-order chi connectivity index (χ0) is 16.9. The van der Waals surface area contributed by atoms with E-state index in [0.29, 0.717) is 12.3 Å². The lowest BCUT2D eigenvalue weighted by atomic mass is 10.1. The maximum atomic E-state index is 12.4. The maximum Gasteiger partial charge on any atom is 0.246 e. The molecular weight excluding hydrogens is 306 g/mol. The average Bonchev–Trinajstić information content (AvgIpc) is 2.47. The molecule has 0 saturated carbocycles. The summed E-state index contributed by atoms with van der Waals surface area (Å²) in [6, 6.07) is 4.52. The lowest BCUT2D eigenvalue weighted by Gasteiger charge is -2.17. The van der Waals surface area contributed by atoms with Crippen molar-refractivity contribution in [1.82, 2.24) is 4.31 Å². The minimum atomic E-state index is -3.68. The summed E-state index contributed by atoms with van der Waals surface area (Å²) in [6.07, 6.45) is 0. The molecule has 1 rings (SSSR count). The van der Waals surface area contributed by atoms with Gasteiger partial charge in [-0.05, 0) is 25.1 Å². The predicted molar refractivity (Wildman–Crippen MR) is 85.3 cm³/mol. The lowest BCUT2D eigenvalue weighted by Crippen LogP contribution is -2.27. The number of carbonyl (C=O) groups is 1. The van der Waals surface area contributed by atoms with E-state index in [2.05, 4.69) is 5.32 Å². The monoisotopic (exact) mass is 329 g/mol. The van der Waals surface area contributed by atoms with Gasteiger partial charge in [0, 0.05) is 32.2 Å². The van der Waals surface area contributed by atoms with Gasteiger partial charge in [0.1, 0.15) is 10.6 Å². The Morgan fingerprint density at radius 1 is 1.41 bits per heavy atom. The fraction of sp³-hybridized carbons (Fsp3) is 0.500. The molecule has 7 nitrogen and oxygen atoms in total. The molecule has 1 aromatic carbocycles. The van der Waals surface area contributed by atoms with Gasteiger partial charge in [-0.1, -0.05) is 6.92 Å². The molecule has 0 heterocycles. The Morgan fingerprint density at radius 2 is 2.05 bits per heavy atom. The van der Waals surface area contributed by atoms with E-state index in [1.54, 1.807) is 19.9 Å². The second-order valence-corrected chi connectivity index (χ2v) is 7.13. The van der Waals surface area contributed by atoms with Crippen LogP contribution in [0.3, 0.4) is 0 Å². The second-order valence-electron chi connectivity index (χ2n) is 5.01. The van der Waals surface area contributed by atoms with Crippen LogP contribution in [0.4, 0.5) is 5.69 Å². The Hall–Kier alpha value is -1.64. The molecule has 1 amide bonds. The first kappa shape index (κ1) is 18.4. The molecule has 0 spiro atoms.